The predicted molar refractivity (Wildman–Crippen MR) is 134 cm³/mol. The molecule has 5 rings (SSSR count). The zero-order valence-electron chi connectivity index (χ0n) is 19.9. The number of nitrogens with zero attached hydrogens (tertiary/aromatic N) is 4. The zero-order chi connectivity index (χ0) is 25.4. The van der Waals surface area contributed by atoms with Crippen molar-refractivity contribution in [3.05, 3.63) is 47.0 Å². The topological polar surface area (TPSA) is 141 Å². The maximum Gasteiger partial charge on any atom is 0.259 e. The Labute approximate surface area is 207 Å². The van der Waals surface area contributed by atoms with Crippen LogP contribution >= 0.6 is 0 Å². The fraction of sp³-hybridized carbons (Fsp3) is 0.333. The number of nitrogens with one attached hydrogen (secondary N) is 2. The van der Waals surface area contributed by atoms with Crippen LogP contribution in [0.2, 0.25) is 0 Å². The molecule has 36 heavy (non-hydrogen) atoms. The molecule has 1 aliphatic heterocycles. The zero-order valence-corrected chi connectivity index (χ0v) is 20.8. The Morgan fingerprint density at radius 2 is 1.89 bits per heavy atom. The van der Waals surface area contributed by atoms with Gasteiger partial charge in [-0.05, 0) is 36.8 Å². The molecule has 1 saturated heterocycles. The Hall–Kier alpha value is -3.77. The number of aromatic amines is 2. The average molecular weight is 511 g/mol. The monoisotopic (exact) mass is 510 g/mol. The number of amides is 1. The van der Waals surface area contributed by atoms with Crippen molar-refractivity contribution in [2.24, 2.45) is 0 Å². The number of hydrogen-bond donors (Lipinski definition) is 2. The van der Waals surface area contributed by atoms with Crippen LogP contribution in [0.5, 0.6) is 5.75 Å². The number of benzene rings is 2. The van der Waals surface area contributed by atoms with E-state index in [1.165, 1.54) is 23.4 Å². The van der Waals surface area contributed by atoms with Gasteiger partial charge in [0.05, 0.1) is 45.3 Å². The number of fused-ring (bicyclic) bond motifs is 2. The molecule has 0 atom stereocenters. The average Bonchev–Trinajstić information content (AvgIpc) is 3.33. The van der Waals surface area contributed by atoms with Crippen LogP contribution < -0.4 is 10.3 Å². The summed E-state index contributed by atoms with van der Waals surface area (Å²) in [4.78, 5) is 40.9. The molecule has 0 radical (unpaired) electrons. The van der Waals surface area contributed by atoms with E-state index in [1.807, 2.05) is 6.92 Å². The molecule has 12 heteroatoms. The summed E-state index contributed by atoms with van der Waals surface area (Å²) >= 11 is 0. The standard InChI is InChI=1S/C24H26N6O5S/c1-3-10-35-22-5-4-16(36(33,34)30-8-6-29(7-9-30)15(2)31)11-18(22)23-27-19-13-21-20(25-14-26-21)12-17(19)24(32)28-23/h4-5,11-14H,3,6-10H2,1-2H3,(H,25,26)(H,27,28,32). The normalized spacial score (nSPS) is 15.0. The van der Waals surface area contributed by atoms with E-state index in [1.54, 1.807) is 29.4 Å². The summed E-state index contributed by atoms with van der Waals surface area (Å²) in [6, 6.07) is 7.96. The molecule has 0 bridgehead atoms. The molecule has 1 amide bonds. The quantitative estimate of drug-likeness (QED) is 0.405. The van der Waals surface area contributed by atoms with Crippen molar-refractivity contribution in [1.82, 2.24) is 29.1 Å². The molecule has 11 nitrogen and oxygen atoms in total. The minimum Gasteiger partial charge on any atom is -0.493 e. The van der Waals surface area contributed by atoms with E-state index in [9.17, 15) is 18.0 Å². The molecule has 3 heterocycles. The van der Waals surface area contributed by atoms with Gasteiger partial charge in [-0.2, -0.15) is 4.31 Å². The number of carbonyl (C=O) groups excluding carboxylic acids is 1. The molecule has 4 aromatic rings. The summed E-state index contributed by atoms with van der Waals surface area (Å²) in [6.07, 6.45) is 2.29. The number of hydrogen-bond acceptors (Lipinski definition) is 7. The molecule has 1 aliphatic rings. The van der Waals surface area contributed by atoms with Crippen LogP contribution in [0, 0.1) is 0 Å². The lowest BCUT2D eigenvalue weighted by Gasteiger charge is -2.33. The lowest BCUT2D eigenvalue weighted by molar-refractivity contribution is -0.129. The molecule has 2 N–H and O–H groups in total. The maximum absolute atomic E-state index is 13.4. The molecular weight excluding hydrogens is 484 g/mol. The van der Waals surface area contributed by atoms with Gasteiger partial charge in [-0.25, -0.2) is 18.4 Å². The van der Waals surface area contributed by atoms with E-state index in [0.29, 0.717) is 52.9 Å². The minimum absolute atomic E-state index is 0.0584. The summed E-state index contributed by atoms with van der Waals surface area (Å²) < 4.78 is 34.1. The van der Waals surface area contributed by atoms with Gasteiger partial charge < -0.3 is 19.6 Å². The van der Waals surface area contributed by atoms with Crippen molar-refractivity contribution in [3.8, 4) is 17.1 Å². The number of sulfonamides is 1. The fourth-order valence-corrected chi connectivity index (χ4v) is 5.73. The van der Waals surface area contributed by atoms with E-state index in [4.69, 9.17) is 4.74 Å². The fourth-order valence-electron chi connectivity index (χ4n) is 4.28. The molecule has 1 fully saturated rings. The molecule has 0 saturated carbocycles. The smallest absolute Gasteiger partial charge is 0.259 e. The Morgan fingerprint density at radius 3 is 2.61 bits per heavy atom. The third-order valence-electron chi connectivity index (χ3n) is 6.24. The molecule has 2 aromatic heterocycles. The van der Waals surface area contributed by atoms with Gasteiger partial charge in [0.1, 0.15) is 11.6 Å². The summed E-state index contributed by atoms with van der Waals surface area (Å²) in [5.41, 5.74) is 1.82. The van der Waals surface area contributed by atoms with Crippen LogP contribution in [0.1, 0.15) is 20.3 Å². The van der Waals surface area contributed by atoms with E-state index in [-0.39, 0.29) is 35.3 Å². The van der Waals surface area contributed by atoms with Crippen molar-refractivity contribution < 1.29 is 17.9 Å². The number of aromatic nitrogens is 4. The summed E-state index contributed by atoms with van der Waals surface area (Å²) in [7, 11) is -3.85. The number of imidazole rings is 1. The number of carbonyl (C=O) groups is 1. The molecule has 0 spiro atoms. The lowest BCUT2D eigenvalue weighted by atomic mass is 10.1. The molecule has 0 unspecified atom stereocenters. The highest BCUT2D eigenvalue weighted by Gasteiger charge is 2.30. The van der Waals surface area contributed by atoms with Gasteiger partial charge in [0.25, 0.3) is 5.56 Å². The molecule has 0 aliphatic carbocycles. The lowest BCUT2D eigenvalue weighted by Crippen LogP contribution is -2.49. The van der Waals surface area contributed by atoms with Crippen LogP contribution in [0.25, 0.3) is 33.3 Å². The number of rotatable bonds is 6. The first-order valence-electron chi connectivity index (χ1n) is 11.7. The van der Waals surface area contributed by atoms with Crippen LogP contribution in [0.3, 0.4) is 0 Å². The third-order valence-corrected chi connectivity index (χ3v) is 8.13. The van der Waals surface area contributed by atoms with Crippen LogP contribution in [0.4, 0.5) is 0 Å². The van der Waals surface area contributed by atoms with Gasteiger partial charge in [-0.15, -0.1) is 0 Å². The Balaban J connectivity index is 1.58. The maximum atomic E-state index is 13.4. The summed E-state index contributed by atoms with van der Waals surface area (Å²) in [5, 5.41) is 0.388. The molecule has 2 aromatic carbocycles. The van der Waals surface area contributed by atoms with Gasteiger partial charge in [-0.3, -0.25) is 9.59 Å². The minimum atomic E-state index is -3.85. The Kier molecular flexibility index (Phi) is 6.22. The van der Waals surface area contributed by atoms with E-state index in [2.05, 4.69) is 19.9 Å². The van der Waals surface area contributed by atoms with Gasteiger partial charge in [-0.1, -0.05) is 6.92 Å². The first kappa shape index (κ1) is 23.9. The first-order valence-corrected chi connectivity index (χ1v) is 13.1. The summed E-state index contributed by atoms with van der Waals surface area (Å²) in [5.74, 6) is 0.540. The number of ether oxygens (including phenoxy) is 1. The van der Waals surface area contributed by atoms with Crippen LogP contribution in [0.15, 0.2) is 46.3 Å². The van der Waals surface area contributed by atoms with Crippen molar-refractivity contribution in [3.63, 3.8) is 0 Å². The van der Waals surface area contributed by atoms with Crippen molar-refractivity contribution in [2.75, 3.05) is 32.8 Å². The largest absolute Gasteiger partial charge is 0.493 e. The highest BCUT2D eigenvalue weighted by Crippen LogP contribution is 2.32. The molecule has 188 valence electrons. The Morgan fingerprint density at radius 1 is 1.11 bits per heavy atom. The van der Waals surface area contributed by atoms with Crippen LogP contribution in [-0.2, 0) is 14.8 Å². The molecular formula is C24H26N6O5S. The van der Waals surface area contributed by atoms with Crippen LogP contribution in [-0.4, -0.2) is 76.3 Å². The number of H-pyrrole nitrogens is 2. The number of piperazine rings is 1. The van der Waals surface area contributed by atoms with Crippen molar-refractivity contribution >= 4 is 37.9 Å². The highest BCUT2D eigenvalue weighted by atomic mass is 32.2. The summed E-state index contributed by atoms with van der Waals surface area (Å²) in [6.45, 7) is 4.93. The van der Waals surface area contributed by atoms with Gasteiger partial charge >= 0.3 is 0 Å². The highest BCUT2D eigenvalue weighted by molar-refractivity contribution is 7.89. The van der Waals surface area contributed by atoms with E-state index < -0.39 is 10.0 Å². The SMILES string of the molecule is CCCOc1ccc(S(=O)(=O)N2CCN(C(C)=O)CC2)cc1-c1nc2cc3nc[nH]c3cc2c(=O)[nH]1. The van der Waals surface area contributed by atoms with Gasteiger partial charge in [0, 0.05) is 33.1 Å². The van der Waals surface area contributed by atoms with Gasteiger partial charge in [0.2, 0.25) is 15.9 Å². The Bertz CT molecular complexity index is 1620. The second-order valence-electron chi connectivity index (χ2n) is 8.62. The van der Waals surface area contributed by atoms with E-state index >= 15 is 0 Å². The van der Waals surface area contributed by atoms with Gasteiger partial charge in [0.15, 0.2) is 0 Å². The van der Waals surface area contributed by atoms with Crippen molar-refractivity contribution in [1.29, 1.82) is 0 Å². The third kappa shape index (κ3) is 4.33. The second-order valence-corrected chi connectivity index (χ2v) is 10.6. The second kappa shape index (κ2) is 9.36. The predicted octanol–water partition coefficient (Wildman–Crippen LogP) is 2.11. The first-order chi connectivity index (χ1) is 17.3. The van der Waals surface area contributed by atoms with Crippen molar-refractivity contribution in [2.45, 2.75) is 25.2 Å². The van der Waals surface area contributed by atoms with E-state index in [0.717, 1.165) is 6.42 Å².